The number of hydrogen-bond acceptors (Lipinski definition) is 2. The normalized spacial score (nSPS) is 12.0. The molecule has 0 amide bonds. The summed E-state index contributed by atoms with van der Waals surface area (Å²) in [5.41, 5.74) is 2.44. The van der Waals surface area contributed by atoms with E-state index in [1.54, 1.807) is 0 Å². The van der Waals surface area contributed by atoms with Crippen molar-refractivity contribution in [1.29, 1.82) is 0 Å². The molecule has 6 rings (SSSR count). The van der Waals surface area contributed by atoms with Gasteiger partial charge >= 0.3 is 0 Å². The largest absolute Gasteiger partial charge is 0.479 e. The minimum absolute atomic E-state index is 0.781. The minimum atomic E-state index is 0.781. The SMILES string of the molecule is CCCCCCCCOc1cc2c3ccc4c(ccc5c4ccc4c5cc(OCCCCCCCC)n4C)c3ccc2n1C. The van der Waals surface area contributed by atoms with Crippen LogP contribution >= 0.6 is 0 Å². The second kappa shape index (κ2) is 14.0. The maximum atomic E-state index is 6.28. The molecule has 0 aliphatic rings. The van der Waals surface area contributed by atoms with Gasteiger partial charge in [-0.25, -0.2) is 0 Å². The Bertz CT molecular complexity index is 1740. The van der Waals surface area contributed by atoms with E-state index in [9.17, 15) is 0 Å². The van der Waals surface area contributed by atoms with Crippen molar-refractivity contribution in [3.63, 3.8) is 0 Å². The number of aryl methyl sites for hydroxylation is 2. The zero-order chi connectivity index (χ0) is 30.5. The summed E-state index contributed by atoms with van der Waals surface area (Å²) in [7, 11) is 4.24. The smallest absolute Gasteiger partial charge is 0.194 e. The van der Waals surface area contributed by atoms with E-state index >= 15 is 0 Å². The quantitative estimate of drug-likeness (QED) is 0.0828. The molecule has 232 valence electrons. The van der Waals surface area contributed by atoms with Crippen LogP contribution in [0.1, 0.15) is 90.9 Å². The molecule has 4 nitrogen and oxygen atoms in total. The van der Waals surface area contributed by atoms with E-state index in [0.717, 1.165) is 37.8 Å². The third kappa shape index (κ3) is 6.01. The molecule has 6 aromatic rings. The summed E-state index contributed by atoms with van der Waals surface area (Å²) in [5.74, 6) is 1.92. The molecule has 0 aliphatic carbocycles. The van der Waals surface area contributed by atoms with Crippen LogP contribution in [0.15, 0.2) is 60.7 Å². The highest BCUT2D eigenvalue weighted by Crippen LogP contribution is 2.39. The number of ether oxygens (including phenoxy) is 2. The number of hydrogen-bond donors (Lipinski definition) is 0. The first kappa shape index (κ1) is 30.4. The van der Waals surface area contributed by atoms with Gasteiger partial charge in [0.25, 0.3) is 0 Å². The third-order valence-corrected chi connectivity index (χ3v) is 9.65. The van der Waals surface area contributed by atoms with Crippen LogP contribution in [0, 0.1) is 0 Å². The Morgan fingerprint density at radius 2 is 0.727 bits per heavy atom. The van der Waals surface area contributed by atoms with Gasteiger partial charge in [-0.15, -0.1) is 0 Å². The van der Waals surface area contributed by atoms with Crippen molar-refractivity contribution in [3.05, 3.63) is 60.7 Å². The fourth-order valence-electron chi connectivity index (χ4n) is 7.02. The highest BCUT2D eigenvalue weighted by Gasteiger charge is 2.15. The molecule has 44 heavy (non-hydrogen) atoms. The highest BCUT2D eigenvalue weighted by atomic mass is 16.5. The fourth-order valence-corrected chi connectivity index (χ4v) is 7.02. The van der Waals surface area contributed by atoms with Crippen molar-refractivity contribution >= 4 is 54.1 Å². The molecule has 2 heterocycles. The molecule has 0 saturated heterocycles. The molecular formula is C40H50N2O2. The average Bonchev–Trinajstić information content (AvgIpc) is 3.55. The van der Waals surface area contributed by atoms with Crippen LogP contribution < -0.4 is 9.47 Å². The van der Waals surface area contributed by atoms with Crippen LogP contribution in [0.3, 0.4) is 0 Å². The van der Waals surface area contributed by atoms with Gasteiger partial charge in [0.05, 0.1) is 24.2 Å². The predicted octanol–water partition coefficient (Wildman–Crippen LogP) is 11.6. The molecule has 4 heteroatoms. The summed E-state index contributed by atoms with van der Waals surface area (Å²) in [6, 6.07) is 22.8. The van der Waals surface area contributed by atoms with E-state index < -0.39 is 0 Å². The number of nitrogens with zero attached hydrogens (tertiary/aromatic N) is 2. The van der Waals surface area contributed by atoms with Gasteiger partial charge in [0.1, 0.15) is 0 Å². The van der Waals surface area contributed by atoms with Gasteiger partial charge in [-0.3, -0.25) is 0 Å². The second-order valence-electron chi connectivity index (χ2n) is 12.7. The number of fused-ring (bicyclic) bond motifs is 9. The number of benzene rings is 4. The maximum Gasteiger partial charge on any atom is 0.194 e. The first-order valence-electron chi connectivity index (χ1n) is 17.2. The van der Waals surface area contributed by atoms with Crippen LogP contribution in [0.2, 0.25) is 0 Å². The maximum absolute atomic E-state index is 6.28. The van der Waals surface area contributed by atoms with Crippen LogP contribution in [-0.2, 0) is 14.1 Å². The van der Waals surface area contributed by atoms with Crippen LogP contribution in [-0.4, -0.2) is 22.3 Å². The van der Waals surface area contributed by atoms with Gasteiger partial charge in [0.15, 0.2) is 11.8 Å². The summed E-state index contributed by atoms with van der Waals surface area (Å²) in [5, 5.41) is 10.3. The number of rotatable bonds is 16. The summed E-state index contributed by atoms with van der Waals surface area (Å²) in [6.45, 7) is 6.09. The lowest BCUT2D eigenvalue weighted by molar-refractivity contribution is 0.285. The Balaban J connectivity index is 1.26. The van der Waals surface area contributed by atoms with E-state index in [4.69, 9.17) is 9.47 Å². The zero-order valence-electron chi connectivity index (χ0n) is 27.4. The molecule has 0 spiro atoms. The van der Waals surface area contributed by atoms with Gasteiger partial charge in [0.2, 0.25) is 0 Å². The lowest BCUT2D eigenvalue weighted by Gasteiger charge is -2.10. The zero-order valence-corrected chi connectivity index (χ0v) is 27.4. The number of aromatic nitrogens is 2. The molecule has 0 fully saturated rings. The van der Waals surface area contributed by atoms with Crippen molar-refractivity contribution in [2.45, 2.75) is 90.9 Å². The van der Waals surface area contributed by atoms with E-state index in [1.165, 1.54) is 118 Å². The van der Waals surface area contributed by atoms with Crippen molar-refractivity contribution in [2.75, 3.05) is 13.2 Å². The molecular weight excluding hydrogens is 540 g/mol. The Labute approximate surface area is 262 Å². The lowest BCUT2D eigenvalue weighted by Crippen LogP contribution is -2.01. The van der Waals surface area contributed by atoms with Gasteiger partial charge in [0, 0.05) is 37.0 Å². The van der Waals surface area contributed by atoms with Gasteiger partial charge in [-0.2, -0.15) is 0 Å². The standard InChI is InChI=1S/C40H50N2O2/c1-5-7-9-11-13-15-25-43-39-27-35-33-19-17-30-29(31(33)21-23-37(35)41(39)3)18-20-34-32(30)22-24-38-36(34)28-40(42(38)4)44-26-16-14-12-10-8-6-2/h17-24,27-28H,5-16,25-26H2,1-4H3. The Kier molecular flexibility index (Phi) is 9.64. The van der Waals surface area contributed by atoms with Crippen LogP contribution in [0.4, 0.5) is 0 Å². The molecule has 0 radical (unpaired) electrons. The minimum Gasteiger partial charge on any atom is -0.479 e. The first-order chi connectivity index (χ1) is 21.6. The van der Waals surface area contributed by atoms with E-state index in [1.807, 2.05) is 0 Å². The van der Waals surface area contributed by atoms with E-state index in [-0.39, 0.29) is 0 Å². The van der Waals surface area contributed by atoms with E-state index in [2.05, 4.69) is 97.7 Å². The Morgan fingerprint density at radius 3 is 1.11 bits per heavy atom. The molecule has 0 N–H and O–H groups in total. The Morgan fingerprint density at radius 1 is 0.409 bits per heavy atom. The summed E-state index contributed by atoms with van der Waals surface area (Å²) in [4.78, 5) is 0. The first-order valence-corrected chi connectivity index (χ1v) is 17.2. The average molecular weight is 591 g/mol. The summed E-state index contributed by atoms with van der Waals surface area (Å²) >= 11 is 0. The van der Waals surface area contributed by atoms with E-state index in [0.29, 0.717) is 0 Å². The predicted molar refractivity (Wildman–Crippen MR) is 190 cm³/mol. The van der Waals surface area contributed by atoms with Crippen molar-refractivity contribution in [3.8, 4) is 11.8 Å². The molecule has 0 saturated carbocycles. The second-order valence-corrected chi connectivity index (χ2v) is 12.7. The van der Waals surface area contributed by atoms with Gasteiger partial charge in [-0.05, 0) is 57.3 Å². The fraction of sp³-hybridized carbons (Fsp3) is 0.450. The van der Waals surface area contributed by atoms with Crippen molar-refractivity contribution < 1.29 is 9.47 Å². The summed E-state index contributed by atoms with van der Waals surface area (Å²) in [6.07, 6.45) is 15.3. The van der Waals surface area contributed by atoms with Crippen LogP contribution in [0.25, 0.3) is 54.1 Å². The van der Waals surface area contributed by atoms with Gasteiger partial charge in [-0.1, -0.05) is 114 Å². The topological polar surface area (TPSA) is 28.3 Å². The number of unbranched alkanes of at least 4 members (excludes halogenated alkanes) is 10. The molecule has 0 unspecified atom stereocenters. The third-order valence-electron chi connectivity index (χ3n) is 9.65. The summed E-state index contributed by atoms with van der Waals surface area (Å²) < 4.78 is 17.0. The Hall–Kier alpha value is -3.66. The van der Waals surface area contributed by atoms with Crippen LogP contribution in [0.5, 0.6) is 11.8 Å². The molecule has 2 aromatic heterocycles. The van der Waals surface area contributed by atoms with Crippen molar-refractivity contribution in [1.82, 2.24) is 9.13 Å². The lowest BCUT2D eigenvalue weighted by atomic mass is 9.94. The highest BCUT2D eigenvalue weighted by molar-refractivity contribution is 6.24. The molecule has 0 atom stereocenters. The monoisotopic (exact) mass is 590 g/mol. The van der Waals surface area contributed by atoms with Gasteiger partial charge < -0.3 is 18.6 Å². The molecule has 0 aliphatic heterocycles. The van der Waals surface area contributed by atoms with Crippen molar-refractivity contribution in [2.24, 2.45) is 14.1 Å². The molecule has 0 bridgehead atoms. The molecule has 4 aromatic carbocycles.